The lowest BCUT2D eigenvalue weighted by Crippen LogP contribution is -2.50. The molecular formula is C54H64N2OS+2. The molecule has 3 aliphatic rings. The molecule has 4 heterocycles. The number of pyridine rings is 1. The van der Waals surface area contributed by atoms with Crippen LogP contribution in [0.25, 0.3) is 53.0 Å². The van der Waals surface area contributed by atoms with Crippen LogP contribution in [-0.2, 0) is 21.0 Å². The smallest absolute Gasteiger partial charge is 0.221 e. The molecule has 0 saturated heterocycles. The first-order chi connectivity index (χ1) is 27.4. The molecule has 1 aliphatic carbocycles. The van der Waals surface area contributed by atoms with Gasteiger partial charge in [0.1, 0.15) is 6.04 Å². The molecule has 4 aromatic carbocycles. The normalized spacial score (nSPS) is 23.0. The van der Waals surface area contributed by atoms with Crippen molar-refractivity contribution >= 4 is 58.8 Å². The Morgan fingerprint density at radius 3 is 2.28 bits per heavy atom. The number of allylic oxidation sites excluding steroid dienone is 2. The zero-order valence-electron chi connectivity index (χ0n) is 37.2. The van der Waals surface area contributed by atoms with Crippen LogP contribution in [0.1, 0.15) is 137 Å². The number of thiophene rings is 1. The fraction of sp³-hybridized carbons (Fsp3) is 0.444. The van der Waals surface area contributed by atoms with E-state index in [2.05, 4.69) is 165 Å². The molecule has 2 aromatic heterocycles. The molecule has 58 heavy (non-hydrogen) atoms. The molecule has 0 N–H and O–H groups in total. The summed E-state index contributed by atoms with van der Waals surface area (Å²) in [6.07, 6.45) is 8.03. The molecule has 2 unspecified atom stereocenters. The molecule has 6 aromatic rings. The molecule has 4 heteroatoms. The Kier molecular flexibility index (Phi) is 9.21. The molecule has 9 rings (SSSR count). The van der Waals surface area contributed by atoms with Crippen molar-refractivity contribution in [2.24, 2.45) is 5.92 Å². The summed E-state index contributed by atoms with van der Waals surface area (Å²) in [5.41, 5.74) is 11.5. The van der Waals surface area contributed by atoms with Gasteiger partial charge in [0.15, 0.2) is 24.5 Å². The van der Waals surface area contributed by atoms with E-state index in [0.29, 0.717) is 18.6 Å². The number of rotatable bonds is 2. The standard InChI is InChI=1S/C54H64N2OS/c1-31(2)45-26-34(6)57-25-21-39-47-37-17-15-14-16-36(37)44(52(7,8)9)29-42(47)50-40-28-41-38-18-19-43-48(54(12,13)23-22-53(43,10)11)51(38)58-46(41)27-35(40)20-24-55(50)49(39)33(5)30-56(45)32(3)4/h14-20,24,26-29,31-32,39,49H,5,21-23,25,30H2,1-4,6-13H3/q+2/b34-26-,56-45-. The average molecular weight is 789 g/mol. The van der Waals surface area contributed by atoms with E-state index in [4.69, 9.17) is 11.3 Å². The SMILES string of the molecule is C=C1C/[N+](C(C)C)=C(C(C)C)\C=C(\C)OCCC2c3c(cc(C(C)(C)C)c4ccccc34)-c3c4cc5c(cc4cc[n+]3C12)sc1c2c(ccc15)C(C)(C)CCC2(C)C. The Labute approximate surface area is 351 Å². The summed E-state index contributed by atoms with van der Waals surface area (Å²) >= 11 is 2.01. The third kappa shape index (κ3) is 6.10. The predicted molar refractivity (Wildman–Crippen MR) is 249 cm³/mol. The maximum Gasteiger partial charge on any atom is 0.221 e. The first kappa shape index (κ1) is 39.2. The lowest BCUT2D eigenvalue weighted by Gasteiger charge is -2.42. The van der Waals surface area contributed by atoms with E-state index in [1.807, 2.05) is 11.3 Å². The summed E-state index contributed by atoms with van der Waals surface area (Å²) in [5.74, 6) is 1.52. The fourth-order valence-electron chi connectivity index (χ4n) is 11.1. The molecule has 2 atom stereocenters. The van der Waals surface area contributed by atoms with Crippen LogP contribution < -0.4 is 4.57 Å². The maximum atomic E-state index is 6.65. The minimum absolute atomic E-state index is 0.0406. The third-order valence-electron chi connectivity index (χ3n) is 14.2. The second kappa shape index (κ2) is 13.6. The van der Waals surface area contributed by atoms with Crippen molar-refractivity contribution in [3.8, 4) is 11.3 Å². The van der Waals surface area contributed by atoms with Crippen molar-refractivity contribution in [3.05, 3.63) is 113 Å². The van der Waals surface area contributed by atoms with Gasteiger partial charge in [0.05, 0.1) is 34.8 Å². The first-order valence-corrected chi connectivity index (χ1v) is 22.8. The highest BCUT2D eigenvalue weighted by Gasteiger charge is 2.46. The highest BCUT2D eigenvalue weighted by Crippen LogP contribution is 2.53. The number of hydrogen-bond donors (Lipinski definition) is 0. The van der Waals surface area contributed by atoms with Gasteiger partial charge in [0, 0.05) is 38.2 Å². The topological polar surface area (TPSA) is 16.1 Å². The third-order valence-corrected chi connectivity index (χ3v) is 15.4. The van der Waals surface area contributed by atoms with E-state index in [0.717, 1.165) is 18.7 Å². The number of ether oxygens (including phenoxy) is 1. The summed E-state index contributed by atoms with van der Waals surface area (Å²) in [4.78, 5) is 0. The van der Waals surface area contributed by atoms with Crippen LogP contribution >= 0.6 is 11.3 Å². The van der Waals surface area contributed by atoms with Gasteiger partial charge in [-0.15, -0.1) is 11.3 Å². The molecular weight excluding hydrogens is 725 g/mol. The molecule has 0 fully saturated rings. The highest BCUT2D eigenvalue weighted by atomic mass is 32.1. The van der Waals surface area contributed by atoms with Crippen LogP contribution in [0.5, 0.6) is 0 Å². The first-order valence-electron chi connectivity index (χ1n) is 21.9. The van der Waals surface area contributed by atoms with Gasteiger partial charge in [-0.25, -0.2) is 4.58 Å². The van der Waals surface area contributed by atoms with E-state index in [1.165, 1.54) is 93.8 Å². The highest BCUT2D eigenvalue weighted by molar-refractivity contribution is 7.26. The van der Waals surface area contributed by atoms with Crippen molar-refractivity contribution in [1.29, 1.82) is 0 Å². The molecule has 2 aliphatic heterocycles. The van der Waals surface area contributed by atoms with Gasteiger partial charge in [-0.2, -0.15) is 4.57 Å². The van der Waals surface area contributed by atoms with E-state index in [1.54, 1.807) is 5.56 Å². The molecule has 0 amide bonds. The van der Waals surface area contributed by atoms with E-state index >= 15 is 0 Å². The van der Waals surface area contributed by atoms with Gasteiger partial charge >= 0.3 is 0 Å². The number of nitrogens with zero attached hydrogens (tertiary/aromatic N) is 2. The maximum absolute atomic E-state index is 6.65. The van der Waals surface area contributed by atoms with Gasteiger partial charge in [0.25, 0.3) is 0 Å². The van der Waals surface area contributed by atoms with Gasteiger partial charge < -0.3 is 4.74 Å². The predicted octanol–water partition coefficient (Wildman–Crippen LogP) is 14.0. The largest absolute Gasteiger partial charge is 0.498 e. The molecule has 0 radical (unpaired) electrons. The minimum Gasteiger partial charge on any atom is -0.498 e. The van der Waals surface area contributed by atoms with Crippen molar-refractivity contribution in [2.75, 3.05) is 13.2 Å². The quantitative estimate of drug-likeness (QED) is 0.126. The molecule has 3 nitrogen and oxygen atoms in total. The van der Waals surface area contributed by atoms with Crippen LogP contribution in [-0.4, -0.2) is 29.5 Å². The average Bonchev–Trinajstić information content (AvgIpc) is 3.51. The van der Waals surface area contributed by atoms with Crippen LogP contribution in [0.2, 0.25) is 0 Å². The van der Waals surface area contributed by atoms with Crippen LogP contribution in [0.3, 0.4) is 0 Å². The van der Waals surface area contributed by atoms with Crippen LogP contribution in [0.15, 0.2) is 90.8 Å². The molecule has 0 spiro atoms. The van der Waals surface area contributed by atoms with Gasteiger partial charge in [-0.1, -0.05) is 105 Å². The summed E-state index contributed by atoms with van der Waals surface area (Å²) in [6.45, 7) is 34.8. The van der Waals surface area contributed by atoms with Gasteiger partial charge in [-0.3, -0.25) is 0 Å². The second-order valence-electron chi connectivity index (χ2n) is 20.8. The van der Waals surface area contributed by atoms with Crippen LogP contribution in [0, 0.1) is 5.92 Å². The van der Waals surface area contributed by atoms with Gasteiger partial charge in [-0.05, 0) is 113 Å². The molecule has 300 valence electrons. The van der Waals surface area contributed by atoms with Crippen molar-refractivity contribution in [2.45, 2.75) is 137 Å². The zero-order valence-corrected chi connectivity index (χ0v) is 38.0. The Bertz CT molecular complexity index is 2760. The number of benzene rings is 4. The van der Waals surface area contributed by atoms with E-state index in [-0.39, 0.29) is 28.2 Å². The van der Waals surface area contributed by atoms with Crippen LogP contribution in [0.4, 0.5) is 0 Å². The fourth-order valence-corrected chi connectivity index (χ4v) is 12.5. The monoisotopic (exact) mass is 788 g/mol. The summed E-state index contributed by atoms with van der Waals surface area (Å²) in [5, 5.41) is 8.14. The Balaban J connectivity index is 1.38. The summed E-state index contributed by atoms with van der Waals surface area (Å²) < 4.78 is 14.7. The van der Waals surface area contributed by atoms with Gasteiger partial charge in [0.2, 0.25) is 5.69 Å². The number of hydrogen-bond acceptors (Lipinski definition) is 2. The number of fused-ring (bicyclic) bond motifs is 15. The minimum atomic E-state index is -0.0406. The lowest BCUT2D eigenvalue weighted by atomic mass is 9.63. The van der Waals surface area contributed by atoms with Crippen molar-refractivity contribution in [3.63, 3.8) is 0 Å². The molecule has 0 bridgehead atoms. The van der Waals surface area contributed by atoms with Crippen molar-refractivity contribution in [1.82, 2.24) is 0 Å². The zero-order chi connectivity index (χ0) is 41.2. The van der Waals surface area contributed by atoms with Crippen molar-refractivity contribution < 1.29 is 13.9 Å². The van der Waals surface area contributed by atoms with E-state index in [9.17, 15) is 0 Å². The Morgan fingerprint density at radius 1 is 0.845 bits per heavy atom. The Hall–Kier alpha value is -4.28. The molecule has 0 saturated carbocycles. The Morgan fingerprint density at radius 2 is 1.57 bits per heavy atom. The summed E-state index contributed by atoms with van der Waals surface area (Å²) in [7, 11) is 0. The summed E-state index contributed by atoms with van der Waals surface area (Å²) in [6, 6.07) is 24.5. The van der Waals surface area contributed by atoms with E-state index < -0.39 is 0 Å². The lowest BCUT2D eigenvalue weighted by molar-refractivity contribution is -0.711. The second-order valence-corrected chi connectivity index (χ2v) is 21.9. The number of aromatic nitrogens is 1.